The van der Waals surface area contributed by atoms with Gasteiger partial charge in [0.2, 0.25) is 0 Å². The summed E-state index contributed by atoms with van der Waals surface area (Å²) in [5, 5.41) is 0. The van der Waals surface area contributed by atoms with Crippen LogP contribution >= 0.6 is 0 Å². The first-order chi connectivity index (χ1) is 6.25. The topological polar surface area (TPSA) is 26.0 Å². The summed E-state index contributed by atoms with van der Waals surface area (Å²) in [5.41, 5.74) is 7.44. The summed E-state index contributed by atoms with van der Waals surface area (Å²) in [4.78, 5) is 0. The third kappa shape index (κ3) is 2.28. The molecular formula is C11H14FN. The molecule has 0 heterocycles. The molecule has 13 heavy (non-hydrogen) atoms. The summed E-state index contributed by atoms with van der Waals surface area (Å²) < 4.78 is 12.4. The van der Waals surface area contributed by atoms with Crippen LogP contribution in [0.25, 0.3) is 0 Å². The average molecular weight is 179 g/mol. The van der Waals surface area contributed by atoms with Gasteiger partial charge in [-0.1, -0.05) is 24.3 Å². The van der Waals surface area contributed by atoms with Gasteiger partial charge in [0, 0.05) is 6.42 Å². The lowest BCUT2D eigenvalue weighted by Gasteiger charge is -2.03. The highest BCUT2D eigenvalue weighted by Crippen LogP contribution is 2.39. The molecule has 0 aromatic heterocycles. The van der Waals surface area contributed by atoms with Crippen molar-refractivity contribution in [1.82, 2.24) is 0 Å². The van der Waals surface area contributed by atoms with E-state index in [9.17, 15) is 4.39 Å². The Hall–Kier alpha value is -0.890. The van der Waals surface area contributed by atoms with Crippen molar-refractivity contribution in [2.24, 2.45) is 5.73 Å². The summed E-state index contributed by atoms with van der Waals surface area (Å²) in [7, 11) is 0. The molecule has 1 saturated carbocycles. The molecule has 2 rings (SSSR count). The molecule has 1 aromatic rings. The van der Waals surface area contributed by atoms with E-state index in [1.54, 1.807) is 0 Å². The van der Waals surface area contributed by atoms with Gasteiger partial charge in [0.25, 0.3) is 0 Å². The summed E-state index contributed by atoms with van der Waals surface area (Å²) in [6.45, 7) is 0. The number of rotatable bonds is 3. The van der Waals surface area contributed by atoms with Crippen LogP contribution in [0.15, 0.2) is 24.3 Å². The molecule has 2 heteroatoms. The average Bonchev–Trinajstić information content (AvgIpc) is 2.87. The molecule has 1 aliphatic rings. The molecule has 0 spiro atoms. The molecule has 1 nitrogen and oxygen atoms in total. The first-order valence-corrected chi connectivity index (χ1v) is 4.74. The van der Waals surface area contributed by atoms with Crippen molar-refractivity contribution in [2.75, 3.05) is 0 Å². The van der Waals surface area contributed by atoms with Gasteiger partial charge in [0.05, 0.1) is 0 Å². The van der Waals surface area contributed by atoms with Gasteiger partial charge in [-0.15, -0.1) is 0 Å². The predicted octanol–water partition coefficient (Wildman–Crippen LogP) is 2.36. The van der Waals surface area contributed by atoms with E-state index < -0.39 is 6.30 Å². The second-order valence-electron chi connectivity index (χ2n) is 3.74. The van der Waals surface area contributed by atoms with Gasteiger partial charge in [0.15, 0.2) is 6.30 Å². The predicted molar refractivity (Wildman–Crippen MR) is 51.2 cm³/mol. The van der Waals surface area contributed by atoms with E-state index in [1.807, 2.05) is 12.1 Å². The number of hydrogen-bond donors (Lipinski definition) is 1. The van der Waals surface area contributed by atoms with Crippen LogP contribution in [0.4, 0.5) is 4.39 Å². The highest BCUT2D eigenvalue weighted by molar-refractivity contribution is 5.28. The van der Waals surface area contributed by atoms with E-state index in [1.165, 1.54) is 18.4 Å². The lowest BCUT2D eigenvalue weighted by atomic mass is 10.1. The number of hydrogen-bond acceptors (Lipinski definition) is 1. The van der Waals surface area contributed by atoms with Crippen molar-refractivity contribution in [2.45, 2.75) is 31.5 Å². The molecule has 70 valence electrons. The molecule has 1 fully saturated rings. The van der Waals surface area contributed by atoms with Gasteiger partial charge in [0.1, 0.15) is 0 Å². The van der Waals surface area contributed by atoms with Crippen molar-refractivity contribution in [1.29, 1.82) is 0 Å². The van der Waals surface area contributed by atoms with Crippen molar-refractivity contribution >= 4 is 0 Å². The van der Waals surface area contributed by atoms with Crippen molar-refractivity contribution in [3.63, 3.8) is 0 Å². The molecule has 1 unspecified atom stereocenters. The number of benzene rings is 1. The van der Waals surface area contributed by atoms with Gasteiger partial charge < -0.3 is 5.73 Å². The quantitative estimate of drug-likeness (QED) is 0.708. The molecule has 0 bridgehead atoms. The van der Waals surface area contributed by atoms with Crippen LogP contribution in [0.1, 0.15) is 29.9 Å². The Kier molecular flexibility index (Phi) is 2.32. The van der Waals surface area contributed by atoms with Gasteiger partial charge in [-0.05, 0) is 29.9 Å². The molecular weight excluding hydrogens is 165 g/mol. The zero-order valence-corrected chi connectivity index (χ0v) is 7.54. The van der Waals surface area contributed by atoms with Crippen LogP contribution in [-0.2, 0) is 6.42 Å². The minimum atomic E-state index is -1.23. The smallest absolute Gasteiger partial charge is 0.152 e. The van der Waals surface area contributed by atoms with Gasteiger partial charge in [-0.2, -0.15) is 0 Å². The molecule has 1 atom stereocenters. The lowest BCUT2D eigenvalue weighted by molar-refractivity contribution is 0.343. The number of halogens is 1. The molecule has 0 amide bonds. The zero-order chi connectivity index (χ0) is 9.26. The number of alkyl halides is 1. The first kappa shape index (κ1) is 8.70. The first-order valence-electron chi connectivity index (χ1n) is 4.74. The van der Waals surface area contributed by atoms with Gasteiger partial charge in [-0.25, -0.2) is 4.39 Å². The Labute approximate surface area is 77.8 Å². The van der Waals surface area contributed by atoms with Crippen molar-refractivity contribution < 1.29 is 4.39 Å². The van der Waals surface area contributed by atoms with Crippen molar-refractivity contribution in [3.8, 4) is 0 Å². The van der Waals surface area contributed by atoms with Crippen molar-refractivity contribution in [3.05, 3.63) is 35.4 Å². The van der Waals surface area contributed by atoms with E-state index in [-0.39, 0.29) is 0 Å². The molecule has 1 aliphatic carbocycles. The molecule has 0 radical (unpaired) electrons. The summed E-state index contributed by atoms with van der Waals surface area (Å²) in [6, 6.07) is 8.14. The summed E-state index contributed by atoms with van der Waals surface area (Å²) in [6.07, 6.45) is 1.71. The van der Waals surface area contributed by atoms with E-state index >= 15 is 0 Å². The molecule has 2 N–H and O–H groups in total. The van der Waals surface area contributed by atoms with E-state index in [0.29, 0.717) is 6.42 Å². The molecule has 1 aromatic carbocycles. The lowest BCUT2D eigenvalue weighted by Crippen LogP contribution is -2.15. The zero-order valence-electron chi connectivity index (χ0n) is 7.54. The van der Waals surface area contributed by atoms with E-state index in [4.69, 9.17) is 5.73 Å². The Bertz CT molecular complexity index is 275. The van der Waals surface area contributed by atoms with Crippen LogP contribution in [0.3, 0.4) is 0 Å². The second-order valence-corrected chi connectivity index (χ2v) is 3.74. The van der Waals surface area contributed by atoms with Crippen LogP contribution in [-0.4, -0.2) is 6.30 Å². The number of nitrogens with two attached hydrogens (primary N) is 1. The van der Waals surface area contributed by atoms with Crippen LogP contribution < -0.4 is 5.73 Å². The largest absolute Gasteiger partial charge is 0.301 e. The second kappa shape index (κ2) is 3.46. The third-order valence-corrected chi connectivity index (χ3v) is 2.46. The maximum Gasteiger partial charge on any atom is 0.152 e. The monoisotopic (exact) mass is 179 g/mol. The maximum absolute atomic E-state index is 12.4. The Balaban J connectivity index is 2.04. The normalized spacial score (nSPS) is 18.6. The standard InChI is InChI=1S/C11H14FN/c12-11(13)7-8-1-3-9(4-2-8)10-5-6-10/h1-4,10-11H,5-7,13H2. The highest BCUT2D eigenvalue weighted by atomic mass is 19.1. The van der Waals surface area contributed by atoms with Gasteiger partial charge in [-0.3, -0.25) is 0 Å². The van der Waals surface area contributed by atoms with Crippen LogP contribution in [0.5, 0.6) is 0 Å². The third-order valence-electron chi connectivity index (χ3n) is 2.46. The minimum absolute atomic E-state index is 0.324. The fourth-order valence-corrected chi connectivity index (χ4v) is 1.57. The Morgan fingerprint density at radius 1 is 1.31 bits per heavy atom. The Morgan fingerprint density at radius 2 is 1.92 bits per heavy atom. The Morgan fingerprint density at radius 3 is 2.38 bits per heavy atom. The fourth-order valence-electron chi connectivity index (χ4n) is 1.57. The summed E-state index contributed by atoms with van der Waals surface area (Å²) in [5.74, 6) is 0.771. The highest BCUT2D eigenvalue weighted by Gasteiger charge is 2.22. The summed E-state index contributed by atoms with van der Waals surface area (Å²) >= 11 is 0. The molecule has 0 saturated heterocycles. The fraction of sp³-hybridized carbons (Fsp3) is 0.455. The van der Waals surface area contributed by atoms with Crippen LogP contribution in [0.2, 0.25) is 0 Å². The molecule has 0 aliphatic heterocycles. The maximum atomic E-state index is 12.4. The minimum Gasteiger partial charge on any atom is -0.301 e. The van der Waals surface area contributed by atoms with E-state index in [0.717, 1.165) is 11.5 Å². The van der Waals surface area contributed by atoms with Crippen LogP contribution in [0, 0.1) is 0 Å². The SMILES string of the molecule is NC(F)Cc1ccc(C2CC2)cc1. The van der Waals surface area contributed by atoms with Gasteiger partial charge >= 0.3 is 0 Å². The van der Waals surface area contributed by atoms with E-state index in [2.05, 4.69) is 12.1 Å².